The Labute approximate surface area is 122 Å². The maximum absolute atomic E-state index is 12.1. The minimum Gasteiger partial charge on any atom is -0.457 e. The molecule has 0 aliphatic carbocycles. The number of carbonyl (C=O) groups is 1. The molecule has 1 aromatic heterocycles. The van der Waals surface area contributed by atoms with Crippen LogP contribution in [0.2, 0.25) is 0 Å². The molecular formula is C16H15N3O2. The summed E-state index contributed by atoms with van der Waals surface area (Å²) in [5.41, 5.74) is 3.06. The third kappa shape index (κ3) is 2.76. The molecule has 0 unspecified atom stereocenters. The molecule has 0 fully saturated rings. The summed E-state index contributed by atoms with van der Waals surface area (Å²) in [7, 11) is 0. The zero-order valence-electron chi connectivity index (χ0n) is 11.7. The van der Waals surface area contributed by atoms with Crippen LogP contribution in [0.4, 0.5) is 0 Å². The van der Waals surface area contributed by atoms with Crippen molar-refractivity contribution >= 4 is 17.0 Å². The highest BCUT2D eigenvalue weighted by Gasteiger charge is 2.11. The minimum atomic E-state index is -0.355. The van der Waals surface area contributed by atoms with Gasteiger partial charge in [-0.15, -0.1) is 5.10 Å². The van der Waals surface area contributed by atoms with E-state index in [1.54, 1.807) is 16.8 Å². The molecule has 21 heavy (non-hydrogen) atoms. The van der Waals surface area contributed by atoms with Crippen LogP contribution >= 0.6 is 0 Å². The third-order valence-corrected chi connectivity index (χ3v) is 3.26. The van der Waals surface area contributed by atoms with E-state index < -0.39 is 0 Å². The summed E-state index contributed by atoms with van der Waals surface area (Å²) in [6.07, 6.45) is 0. The fourth-order valence-corrected chi connectivity index (χ4v) is 2.14. The van der Waals surface area contributed by atoms with Gasteiger partial charge in [0.25, 0.3) is 0 Å². The molecule has 0 saturated heterocycles. The molecule has 1 heterocycles. The lowest BCUT2D eigenvalue weighted by atomic mass is 10.2. The lowest BCUT2D eigenvalue weighted by Gasteiger charge is -2.05. The van der Waals surface area contributed by atoms with Crippen LogP contribution in [0, 0.1) is 0 Å². The first-order valence-electron chi connectivity index (χ1n) is 6.82. The second-order valence-corrected chi connectivity index (χ2v) is 4.67. The quantitative estimate of drug-likeness (QED) is 0.690. The Kier molecular flexibility index (Phi) is 3.64. The molecule has 3 rings (SSSR count). The fraction of sp³-hybridized carbons (Fsp3) is 0.188. The number of aromatic nitrogens is 3. The van der Waals surface area contributed by atoms with Crippen LogP contribution in [-0.2, 0) is 17.9 Å². The summed E-state index contributed by atoms with van der Waals surface area (Å²) in [6, 6.07) is 14.9. The van der Waals surface area contributed by atoms with Crippen LogP contribution in [-0.4, -0.2) is 21.0 Å². The number of esters is 1. The Morgan fingerprint density at radius 2 is 2.00 bits per heavy atom. The van der Waals surface area contributed by atoms with Crippen molar-refractivity contribution in [1.82, 2.24) is 15.0 Å². The van der Waals surface area contributed by atoms with Gasteiger partial charge in [0.05, 0.1) is 11.1 Å². The van der Waals surface area contributed by atoms with Gasteiger partial charge in [-0.25, -0.2) is 9.48 Å². The molecule has 0 spiro atoms. The average Bonchev–Trinajstić information content (AvgIpc) is 2.95. The van der Waals surface area contributed by atoms with E-state index in [0.29, 0.717) is 11.1 Å². The molecule has 0 bridgehead atoms. The molecule has 3 aromatic rings. The molecule has 0 radical (unpaired) electrons. The second kappa shape index (κ2) is 5.75. The number of nitrogens with zero attached hydrogens (tertiary/aromatic N) is 3. The Hall–Kier alpha value is -2.69. The van der Waals surface area contributed by atoms with Gasteiger partial charge in [0.2, 0.25) is 0 Å². The average molecular weight is 281 g/mol. The lowest BCUT2D eigenvalue weighted by Crippen LogP contribution is -2.05. The zero-order valence-corrected chi connectivity index (χ0v) is 11.7. The molecule has 0 atom stereocenters. The van der Waals surface area contributed by atoms with Crippen molar-refractivity contribution in [1.29, 1.82) is 0 Å². The molecule has 0 N–H and O–H groups in total. The molecule has 5 nitrogen and oxygen atoms in total. The zero-order chi connectivity index (χ0) is 14.7. The van der Waals surface area contributed by atoms with E-state index in [2.05, 4.69) is 10.3 Å². The van der Waals surface area contributed by atoms with E-state index in [1.165, 1.54) is 0 Å². The predicted octanol–water partition coefficient (Wildman–Crippen LogP) is 2.81. The van der Waals surface area contributed by atoms with E-state index in [4.69, 9.17) is 4.74 Å². The molecular weight excluding hydrogens is 266 g/mol. The number of benzene rings is 2. The monoisotopic (exact) mass is 281 g/mol. The predicted molar refractivity (Wildman–Crippen MR) is 78.8 cm³/mol. The molecule has 2 aromatic carbocycles. The number of hydrogen-bond acceptors (Lipinski definition) is 4. The molecule has 0 aliphatic heterocycles. The highest BCUT2D eigenvalue weighted by atomic mass is 16.5. The van der Waals surface area contributed by atoms with Gasteiger partial charge in [0.1, 0.15) is 12.1 Å². The van der Waals surface area contributed by atoms with Gasteiger partial charge < -0.3 is 4.74 Å². The maximum atomic E-state index is 12.1. The normalized spacial score (nSPS) is 10.7. The topological polar surface area (TPSA) is 57.0 Å². The van der Waals surface area contributed by atoms with Crippen LogP contribution in [0.1, 0.15) is 22.8 Å². The van der Waals surface area contributed by atoms with Crippen molar-refractivity contribution in [2.75, 3.05) is 0 Å². The Bertz CT molecular complexity index is 766. The van der Waals surface area contributed by atoms with Crippen LogP contribution in [0.25, 0.3) is 11.0 Å². The molecule has 0 amide bonds. The first-order valence-corrected chi connectivity index (χ1v) is 6.82. The third-order valence-electron chi connectivity index (χ3n) is 3.26. The number of fused-ring (bicyclic) bond motifs is 1. The number of aryl methyl sites for hydroxylation is 1. The number of ether oxygens (including phenoxy) is 1. The van der Waals surface area contributed by atoms with E-state index in [1.807, 2.05) is 43.3 Å². The molecule has 0 saturated carbocycles. The van der Waals surface area contributed by atoms with Gasteiger partial charge in [0, 0.05) is 6.54 Å². The first-order chi connectivity index (χ1) is 10.3. The maximum Gasteiger partial charge on any atom is 0.338 e. The van der Waals surface area contributed by atoms with Gasteiger partial charge in [0.15, 0.2) is 0 Å². The number of hydrogen-bond donors (Lipinski definition) is 0. The van der Waals surface area contributed by atoms with Gasteiger partial charge in [-0.1, -0.05) is 35.5 Å². The molecule has 106 valence electrons. The Morgan fingerprint density at radius 1 is 1.19 bits per heavy atom. The van der Waals surface area contributed by atoms with Gasteiger partial charge in [-0.3, -0.25) is 0 Å². The fourth-order valence-electron chi connectivity index (χ4n) is 2.14. The van der Waals surface area contributed by atoms with Crippen LogP contribution in [0.3, 0.4) is 0 Å². The van der Waals surface area contributed by atoms with Crippen LogP contribution in [0.15, 0.2) is 48.5 Å². The van der Waals surface area contributed by atoms with Gasteiger partial charge in [-0.2, -0.15) is 0 Å². The van der Waals surface area contributed by atoms with E-state index >= 15 is 0 Å². The Morgan fingerprint density at radius 3 is 2.76 bits per heavy atom. The van der Waals surface area contributed by atoms with E-state index in [-0.39, 0.29) is 12.6 Å². The SMILES string of the molecule is CCn1nnc2cc(C(=O)OCc3ccccc3)ccc21. The number of carbonyl (C=O) groups excluding carboxylic acids is 1. The summed E-state index contributed by atoms with van der Waals surface area (Å²) in [5.74, 6) is -0.355. The minimum absolute atomic E-state index is 0.263. The lowest BCUT2D eigenvalue weighted by molar-refractivity contribution is 0.0473. The second-order valence-electron chi connectivity index (χ2n) is 4.67. The van der Waals surface area contributed by atoms with E-state index in [9.17, 15) is 4.79 Å². The van der Waals surface area contributed by atoms with Gasteiger partial charge >= 0.3 is 5.97 Å². The summed E-state index contributed by atoms with van der Waals surface area (Å²) in [4.78, 5) is 12.1. The number of rotatable bonds is 4. The van der Waals surface area contributed by atoms with Crippen LogP contribution < -0.4 is 0 Å². The van der Waals surface area contributed by atoms with Crippen molar-refractivity contribution in [2.45, 2.75) is 20.1 Å². The summed E-state index contributed by atoms with van der Waals surface area (Å²) < 4.78 is 7.09. The highest BCUT2D eigenvalue weighted by Crippen LogP contribution is 2.15. The van der Waals surface area contributed by atoms with Crippen molar-refractivity contribution in [3.05, 3.63) is 59.7 Å². The highest BCUT2D eigenvalue weighted by molar-refractivity contribution is 5.93. The van der Waals surface area contributed by atoms with Crippen molar-refractivity contribution in [3.63, 3.8) is 0 Å². The summed E-state index contributed by atoms with van der Waals surface area (Å²) in [5, 5.41) is 8.08. The smallest absolute Gasteiger partial charge is 0.338 e. The Balaban J connectivity index is 1.75. The summed E-state index contributed by atoms with van der Waals surface area (Å²) in [6.45, 7) is 3.00. The van der Waals surface area contributed by atoms with E-state index in [0.717, 1.165) is 17.6 Å². The van der Waals surface area contributed by atoms with Crippen LogP contribution in [0.5, 0.6) is 0 Å². The largest absolute Gasteiger partial charge is 0.457 e. The van der Waals surface area contributed by atoms with Crippen molar-refractivity contribution < 1.29 is 9.53 Å². The van der Waals surface area contributed by atoms with Crippen molar-refractivity contribution in [3.8, 4) is 0 Å². The molecule has 0 aliphatic rings. The summed E-state index contributed by atoms with van der Waals surface area (Å²) >= 11 is 0. The van der Waals surface area contributed by atoms with Gasteiger partial charge in [-0.05, 0) is 30.7 Å². The molecule has 5 heteroatoms. The van der Waals surface area contributed by atoms with Crippen molar-refractivity contribution in [2.24, 2.45) is 0 Å². The first kappa shape index (κ1) is 13.3. The standard InChI is InChI=1S/C16H15N3O2/c1-2-19-15-9-8-13(10-14(15)17-18-19)16(20)21-11-12-6-4-3-5-7-12/h3-10H,2,11H2,1H3.